The van der Waals surface area contributed by atoms with Crippen LogP contribution in [0, 0.1) is 11.3 Å². The van der Waals surface area contributed by atoms with E-state index in [1.165, 1.54) is 0 Å². The molecule has 1 fully saturated rings. The quantitative estimate of drug-likeness (QED) is 0.920. The number of carbonyl (C=O) groups is 1. The predicted octanol–water partition coefficient (Wildman–Crippen LogP) is 3.61. The summed E-state index contributed by atoms with van der Waals surface area (Å²) in [4.78, 5) is 11.1. The van der Waals surface area contributed by atoms with E-state index in [0.717, 1.165) is 29.5 Å². The number of carboxylic acids is 1. The Bertz CT molecular complexity index is 724. The Balaban J connectivity index is 2.14. The van der Waals surface area contributed by atoms with Gasteiger partial charge in [0.15, 0.2) is 0 Å². The summed E-state index contributed by atoms with van der Waals surface area (Å²) in [6, 6.07) is 17.0. The second-order valence-electron chi connectivity index (χ2n) is 5.13. The van der Waals surface area contributed by atoms with Gasteiger partial charge in [-0.05, 0) is 41.7 Å². The van der Waals surface area contributed by atoms with Crippen LogP contribution in [0.1, 0.15) is 28.8 Å². The lowest BCUT2D eigenvalue weighted by Gasteiger charge is -2.13. The zero-order valence-corrected chi connectivity index (χ0v) is 10.8. The van der Waals surface area contributed by atoms with E-state index in [1.807, 2.05) is 30.3 Å². The summed E-state index contributed by atoms with van der Waals surface area (Å²) in [6.07, 6.45) is 1.75. The van der Waals surface area contributed by atoms with Crippen molar-refractivity contribution < 1.29 is 9.90 Å². The minimum Gasteiger partial charge on any atom is -0.478 e. The summed E-state index contributed by atoms with van der Waals surface area (Å²) in [5, 5.41) is 18.5. The molecule has 0 saturated heterocycles. The highest BCUT2D eigenvalue weighted by Gasteiger charge is 2.46. The highest BCUT2D eigenvalue weighted by atomic mass is 16.4. The first-order valence-electron chi connectivity index (χ1n) is 6.51. The lowest BCUT2D eigenvalue weighted by molar-refractivity contribution is 0.0697. The molecule has 1 aliphatic rings. The third-order valence-corrected chi connectivity index (χ3v) is 3.83. The minimum absolute atomic E-state index is 0.263. The van der Waals surface area contributed by atoms with Crippen molar-refractivity contribution in [2.45, 2.75) is 18.3 Å². The molecule has 0 aromatic heterocycles. The van der Waals surface area contributed by atoms with E-state index < -0.39 is 5.97 Å². The molecule has 20 heavy (non-hydrogen) atoms. The van der Waals surface area contributed by atoms with Gasteiger partial charge in [-0.25, -0.2) is 4.79 Å². The minimum atomic E-state index is -0.939. The number of rotatable bonds is 3. The summed E-state index contributed by atoms with van der Waals surface area (Å²) in [5.74, 6) is -0.939. The molecule has 0 spiro atoms. The van der Waals surface area contributed by atoms with E-state index >= 15 is 0 Å². The van der Waals surface area contributed by atoms with Gasteiger partial charge in [0.05, 0.1) is 17.0 Å². The Morgan fingerprint density at radius 3 is 2.55 bits per heavy atom. The fraction of sp³-hybridized carbons (Fsp3) is 0.176. The monoisotopic (exact) mass is 263 g/mol. The second kappa shape index (κ2) is 4.50. The van der Waals surface area contributed by atoms with Crippen LogP contribution in [0.2, 0.25) is 0 Å². The molecule has 0 bridgehead atoms. The van der Waals surface area contributed by atoms with Crippen molar-refractivity contribution in [3.8, 4) is 17.2 Å². The molecule has 2 aromatic carbocycles. The van der Waals surface area contributed by atoms with Gasteiger partial charge in [-0.3, -0.25) is 0 Å². The zero-order chi connectivity index (χ0) is 14.2. The molecule has 0 heterocycles. The summed E-state index contributed by atoms with van der Waals surface area (Å²) < 4.78 is 0. The Hall–Kier alpha value is -2.60. The van der Waals surface area contributed by atoms with E-state index in [9.17, 15) is 10.1 Å². The van der Waals surface area contributed by atoms with Crippen LogP contribution in [0.5, 0.6) is 0 Å². The second-order valence-corrected chi connectivity index (χ2v) is 5.13. The highest BCUT2D eigenvalue weighted by Crippen LogP contribution is 2.50. The van der Waals surface area contributed by atoms with Crippen LogP contribution in [0.25, 0.3) is 11.1 Å². The first kappa shape index (κ1) is 12.4. The Morgan fingerprint density at radius 2 is 1.90 bits per heavy atom. The van der Waals surface area contributed by atoms with Gasteiger partial charge in [0.1, 0.15) is 0 Å². The van der Waals surface area contributed by atoms with Gasteiger partial charge in [-0.2, -0.15) is 5.26 Å². The van der Waals surface area contributed by atoms with Crippen LogP contribution in [0.15, 0.2) is 48.5 Å². The maximum Gasteiger partial charge on any atom is 0.335 e. The van der Waals surface area contributed by atoms with Crippen LogP contribution in [0.4, 0.5) is 0 Å². The predicted molar refractivity (Wildman–Crippen MR) is 75.4 cm³/mol. The number of nitrogens with zero attached hydrogens (tertiary/aromatic N) is 1. The first-order chi connectivity index (χ1) is 9.66. The Kier molecular flexibility index (Phi) is 2.80. The van der Waals surface area contributed by atoms with E-state index in [1.54, 1.807) is 18.2 Å². The Labute approximate surface area is 117 Å². The van der Waals surface area contributed by atoms with Crippen molar-refractivity contribution in [1.29, 1.82) is 5.26 Å². The Morgan fingerprint density at radius 1 is 1.15 bits per heavy atom. The molecule has 3 rings (SSSR count). The molecule has 98 valence electrons. The molecule has 0 aliphatic heterocycles. The third kappa shape index (κ3) is 1.96. The summed E-state index contributed by atoms with van der Waals surface area (Å²) in [5.41, 5.74) is 2.69. The van der Waals surface area contributed by atoms with Gasteiger partial charge >= 0.3 is 5.97 Å². The number of aromatic carboxylic acids is 1. The molecule has 2 aromatic rings. The standard InChI is InChI=1S/C17H13NO2/c18-11-17(8-9-17)15-7-2-1-6-14(15)12-4-3-5-13(10-12)16(19)20/h1-7,10H,8-9H2,(H,19,20). The van der Waals surface area contributed by atoms with Gasteiger partial charge in [0, 0.05) is 0 Å². The highest BCUT2D eigenvalue weighted by molar-refractivity contribution is 5.89. The van der Waals surface area contributed by atoms with Crippen molar-refractivity contribution in [2.75, 3.05) is 0 Å². The summed E-state index contributed by atoms with van der Waals surface area (Å²) in [7, 11) is 0. The molecule has 1 aliphatic carbocycles. The van der Waals surface area contributed by atoms with E-state index in [-0.39, 0.29) is 11.0 Å². The van der Waals surface area contributed by atoms with Crippen LogP contribution in [-0.4, -0.2) is 11.1 Å². The van der Waals surface area contributed by atoms with Crippen molar-refractivity contribution >= 4 is 5.97 Å². The lowest BCUT2D eigenvalue weighted by Crippen LogP contribution is -2.05. The van der Waals surface area contributed by atoms with Crippen molar-refractivity contribution in [2.24, 2.45) is 0 Å². The molecular formula is C17H13NO2. The molecule has 0 atom stereocenters. The molecule has 0 amide bonds. The molecule has 0 unspecified atom stereocenters. The van der Waals surface area contributed by atoms with Crippen LogP contribution in [-0.2, 0) is 5.41 Å². The number of nitriles is 1. The van der Waals surface area contributed by atoms with Crippen LogP contribution < -0.4 is 0 Å². The van der Waals surface area contributed by atoms with Gasteiger partial charge in [0.25, 0.3) is 0 Å². The van der Waals surface area contributed by atoms with Gasteiger partial charge in [-0.15, -0.1) is 0 Å². The third-order valence-electron chi connectivity index (χ3n) is 3.83. The molecule has 1 N–H and O–H groups in total. The number of benzene rings is 2. The molecule has 3 heteroatoms. The average Bonchev–Trinajstić information content (AvgIpc) is 3.28. The van der Waals surface area contributed by atoms with E-state index in [2.05, 4.69) is 6.07 Å². The summed E-state index contributed by atoms with van der Waals surface area (Å²) >= 11 is 0. The maximum atomic E-state index is 11.1. The van der Waals surface area contributed by atoms with Gasteiger partial charge < -0.3 is 5.11 Å². The zero-order valence-electron chi connectivity index (χ0n) is 10.8. The average molecular weight is 263 g/mol. The SMILES string of the molecule is N#CC1(c2ccccc2-c2cccc(C(=O)O)c2)CC1. The van der Waals surface area contributed by atoms with Crippen molar-refractivity contribution in [1.82, 2.24) is 0 Å². The van der Waals surface area contributed by atoms with Crippen molar-refractivity contribution in [3.63, 3.8) is 0 Å². The summed E-state index contributed by atoms with van der Waals surface area (Å²) in [6.45, 7) is 0. The topological polar surface area (TPSA) is 61.1 Å². The molecule has 3 nitrogen and oxygen atoms in total. The normalized spacial score (nSPS) is 15.3. The van der Waals surface area contributed by atoms with Crippen molar-refractivity contribution in [3.05, 3.63) is 59.7 Å². The van der Waals surface area contributed by atoms with Crippen LogP contribution in [0.3, 0.4) is 0 Å². The maximum absolute atomic E-state index is 11.1. The van der Waals surface area contributed by atoms with Gasteiger partial charge in [0.2, 0.25) is 0 Å². The number of carboxylic acid groups (broad SMARTS) is 1. The van der Waals surface area contributed by atoms with Gasteiger partial charge in [-0.1, -0.05) is 36.4 Å². The number of hydrogen-bond acceptors (Lipinski definition) is 2. The van der Waals surface area contributed by atoms with E-state index in [4.69, 9.17) is 5.11 Å². The smallest absolute Gasteiger partial charge is 0.335 e. The van der Waals surface area contributed by atoms with E-state index in [0.29, 0.717) is 0 Å². The lowest BCUT2D eigenvalue weighted by atomic mass is 9.89. The fourth-order valence-corrected chi connectivity index (χ4v) is 2.54. The first-order valence-corrected chi connectivity index (χ1v) is 6.51. The molecule has 1 saturated carbocycles. The van der Waals surface area contributed by atoms with Crippen LogP contribution >= 0.6 is 0 Å². The molecule has 0 radical (unpaired) electrons. The largest absolute Gasteiger partial charge is 0.478 e. The number of hydrogen-bond donors (Lipinski definition) is 1. The fourth-order valence-electron chi connectivity index (χ4n) is 2.54. The molecular weight excluding hydrogens is 250 g/mol.